The molecule has 0 bridgehead atoms. The van der Waals surface area contributed by atoms with Crippen molar-refractivity contribution in [2.75, 3.05) is 0 Å². The normalized spacial score (nSPS) is 11.5. The van der Waals surface area contributed by atoms with Gasteiger partial charge in [-0.15, -0.1) is 11.6 Å². The lowest BCUT2D eigenvalue weighted by Gasteiger charge is -2.07. The molecule has 21 heavy (non-hydrogen) atoms. The van der Waals surface area contributed by atoms with Crippen molar-refractivity contribution in [1.29, 1.82) is 0 Å². The molecule has 0 fully saturated rings. The molecule has 3 rings (SSSR count). The van der Waals surface area contributed by atoms with Crippen molar-refractivity contribution in [3.05, 3.63) is 41.2 Å². The van der Waals surface area contributed by atoms with E-state index in [0.29, 0.717) is 16.9 Å². The number of rotatable bonds is 3. The number of hydrogen-bond acceptors (Lipinski definition) is 2. The number of nitrogens with zero attached hydrogens (tertiary/aromatic N) is 4. The van der Waals surface area contributed by atoms with Crippen LogP contribution in [0.2, 0.25) is 0 Å². The highest BCUT2D eigenvalue weighted by molar-refractivity contribution is 6.17. The van der Waals surface area contributed by atoms with Crippen LogP contribution in [0.5, 0.6) is 0 Å². The first-order valence-electron chi connectivity index (χ1n) is 6.81. The molecule has 0 unspecified atom stereocenters. The third-order valence-electron chi connectivity index (χ3n) is 3.58. The van der Waals surface area contributed by atoms with Crippen LogP contribution in [0, 0.1) is 12.7 Å². The molecule has 110 valence electrons. The minimum Gasteiger partial charge on any atom is -0.292 e. The summed E-state index contributed by atoms with van der Waals surface area (Å²) in [5.41, 5.74) is 3.97. The fourth-order valence-corrected chi connectivity index (χ4v) is 2.75. The van der Waals surface area contributed by atoms with Crippen molar-refractivity contribution in [2.24, 2.45) is 7.05 Å². The summed E-state index contributed by atoms with van der Waals surface area (Å²) >= 11 is 6.03. The van der Waals surface area contributed by atoms with Gasteiger partial charge in [0.25, 0.3) is 0 Å². The molecule has 0 aliphatic heterocycles. The predicted octanol–water partition coefficient (Wildman–Crippen LogP) is 3.51. The Kier molecular flexibility index (Phi) is 3.45. The van der Waals surface area contributed by atoms with E-state index in [1.807, 2.05) is 17.8 Å². The largest absolute Gasteiger partial charge is 0.292 e. The summed E-state index contributed by atoms with van der Waals surface area (Å²) in [5, 5.41) is 4.46. The van der Waals surface area contributed by atoms with Crippen LogP contribution in [0.1, 0.15) is 24.0 Å². The fraction of sp³-hybridized carbons (Fsp3) is 0.333. The van der Waals surface area contributed by atoms with E-state index in [4.69, 9.17) is 11.6 Å². The second-order valence-electron chi connectivity index (χ2n) is 5.08. The lowest BCUT2D eigenvalue weighted by Crippen LogP contribution is -2.01. The molecule has 1 aromatic carbocycles. The number of aryl methyl sites for hydroxylation is 3. The molecule has 0 amide bonds. The van der Waals surface area contributed by atoms with E-state index in [9.17, 15) is 4.39 Å². The SMILES string of the molecule is CCc1nn(C)cc1-n1c(CCl)nc2cc(F)c(C)cc21. The Morgan fingerprint density at radius 1 is 1.33 bits per heavy atom. The predicted molar refractivity (Wildman–Crippen MR) is 81.5 cm³/mol. The highest BCUT2D eigenvalue weighted by Gasteiger charge is 2.17. The fourth-order valence-electron chi connectivity index (χ4n) is 2.57. The summed E-state index contributed by atoms with van der Waals surface area (Å²) in [7, 11) is 1.88. The molecule has 6 heteroatoms. The smallest absolute Gasteiger partial charge is 0.129 e. The van der Waals surface area contributed by atoms with E-state index in [0.717, 1.165) is 23.3 Å². The van der Waals surface area contributed by atoms with Crippen LogP contribution in [0.3, 0.4) is 0 Å². The molecule has 0 spiro atoms. The minimum atomic E-state index is -0.254. The Morgan fingerprint density at radius 3 is 2.76 bits per heavy atom. The molecule has 0 saturated carbocycles. The molecular formula is C15H16ClFN4. The van der Waals surface area contributed by atoms with E-state index >= 15 is 0 Å². The highest BCUT2D eigenvalue weighted by Crippen LogP contribution is 2.26. The van der Waals surface area contributed by atoms with Crippen LogP contribution < -0.4 is 0 Å². The first-order valence-corrected chi connectivity index (χ1v) is 7.35. The van der Waals surface area contributed by atoms with Crippen molar-refractivity contribution >= 4 is 22.6 Å². The molecule has 2 heterocycles. The maximum atomic E-state index is 13.7. The van der Waals surface area contributed by atoms with Crippen LogP contribution in [0.15, 0.2) is 18.3 Å². The van der Waals surface area contributed by atoms with Gasteiger partial charge in [0.2, 0.25) is 0 Å². The first-order chi connectivity index (χ1) is 10.0. The summed E-state index contributed by atoms with van der Waals surface area (Å²) in [6.07, 6.45) is 2.74. The molecule has 0 atom stereocenters. The van der Waals surface area contributed by atoms with Gasteiger partial charge in [-0.3, -0.25) is 9.25 Å². The van der Waals surface area contributed by atoms with Crippen molar-refractivity contribution in [3.8, 4) is 5.69 Å². The van der Waals surface area contributed by atoms with Crippen molar-refractivity contribution in [1.82, 2.24) is 19.3 Å². The number of fused-ring (bicyclic) bond motifs is 1. The number of halogens is 2. The lowest BCUT2D eigenvalue weighted by atomic mass is 10.2. The van der Waals surface area contributed by atoms with Gasteiger partial charge >= 0.3 is 0 Å². The van der Waals surface area contributed by atoms with Crippen LogP contribution in [0.25, 0.3) is 16.7 Å². The van der Waals surface area contributed by atoms with Crippen molar-refractivity contribution < 1.29 is 4.39 Å². The molecule has 2 aromatic heterocycles. The van der Waals surface area contributed by atoms with Crippen molar-refractivity contribution in [2.45, 2.75) is 26.1 Å². The monoisotopic (exact) mass is 306 g/mol. The van der Waals surface area contributed by atoms with Gasteiger partial charge < -0.3 is 0 Å². The number of imidazole rings is 1. The van der Waals surface area contributed by atoms with Crippen molar-refractivity contribution in [3.63, 3.8) is 0 Å². The second kappa shape index (κ2) is 5.15. The second-order valence-corrected chi connectivity index (χ2v) is 5.34. The van der Waals surface area contributed by atoms with E-state index in [2.05, 4.69) is 17.0 Å². The number of aromatic nitrogens is 4. The first kappa shape index (κ1) is 14.1. The average molecular weight is 307 g/mol. The third kappa shape index (κ3) is 2.21. The van der Waals surface area contributed by atoms with E-state index in [-0.39, 0.29) is 11.7 Å². The Labute approximate surface area is 127 Å². The van der Waals surface area contributed by atoms with Crippen LogP contribution in [-0.4, -0.2) is 19.3 Å². The molecule has 0 radical (unpaired) electrons. The lowest BCUT2D eigenvalue weighted by molar-refractivity contribution is 0.620. The average Bonchev–Trinajstić information content (AvgIpc) is 2.99. The molecule has 4 nitrogen and oxygen atoms in total. The zero-order valence-corrected chi connectivity index (χ0v) is 12.9. The van der Waals surface area contributed by atoms with Gasteiger partial charge in [0, 0.05) is 19.3 Å². The summed E-state index contributed by atoms with van der Waals surface area (Å²) in [4.78, 5) is 4.45. The van der Waals surface area contributed by atoms with E-state index in [1.54, 1.807) is 17.7 Å². The Bertz CT molecular complexity index is 819. The Hall–Kier alpha value is -1.88. The van der Waals surface area contributed by atoms with E-state index in [1.165, 1.54) is 6.07 Å². The van der Waals surface area contributed by atoms with E-state index < -0.39 is 0 Å². The van der Waals surface area contributed by atoms with Crippen LogP contribution >= 0.6 is 11.6 Å². The van der Waals surface area contributed by atoms with Gasteiger partial charge in [-0.2, -0.15) is 5.10 Å². The zero-order chi connectivity index (χ0) is 15.1. The van der Waals surface area contributed by atoms with Gasteiger partial charge in [0.15, 0.2) is 0 Å². The summed E-state index contributed by atoms with van der Waals surface area (Å²) in [6, 6.07) is 3.26. The summed E-state index contributed by atoms with van der Waals surface area (Å²) in [6.45, 7) is 3.80. The topological polar surface area (TPSA) is 35.6 Å². The summed E-state index contributed by atoms with van der Waals surface area (Å²) < 4.78 is 17.5. The quantitative estimate of drug-likeness (QED) is 0.694. The maximum absolute atomic E-state index is 13.7. The molecule has 0 saturated heterocycles. The molecule has 0 aliphatic carbocycles. The molecule has 0 aliphatic rings. The van der Waals surface area contributed by atoms with Crippen LogP contribution in [-0.2, 0) is 19.3 Å². The molecule has 0 N–H and O–H groups in total. The highest BCUT2D eigenvalue weighted by atomic mass is 35.5. The number of alkyl halides is 1. The van der Waals surface area contributed by atoms with Gasteiger partial charge in [-0.05, 0) is 25.0 Å². The summed E-state index contributed by atoms with van der Waals surface area (Å²) in [5.74, 6) is 0.697. The molecular weight excluding hydrogens is 291 g/mol. The standard InChI is InChI=1S/C15H16ClFN4/c1-4-11-14(8-20(3)19-11)21-13-5-9(2)10(17)6-12(13)18-15(21)7-16/h5-6,8H,4,7H2,1-3H3. The minimum absolute atomic E-state index is 0.254. The Balaban J connectivity index is 2.36. The zero-order valence-electron chi connectivity index (χ0n) is 12.2. The van der Waals surface area contributed by atoms with Gasteiger partial charge in [-0.1, -0.05) is 6.92 Å². The van der Waals surface area contributed by atoms with Gasteiger partial charge in [0.1, 0.15) is 11.6 Å². The van der Waals surface area contributed by atoms with Gasteiger partial charge in [0.05, 0.1) is 28.3 Å². The van der Waals surface area contributed by atoms with Gasteiger partial charge in [-0.25, -0.2) is 9.37 Å². The number of benzene rings is 1. The Morgan fingerprint density at radius 2 is 2.10 bits per heavy atom. The van der Waals surface area contributed by atoms with Crippen LogP contribution in [0.4, 0.5) is 4.39 Å². The third-order valence-corrected chi connectivity index (χ3v) is 3.82. The maximum Gasteiger partial charge on any atom is 0.129 e. The molecule has 3 aromatic rings. The number of hydrogen-bond donors (Lipinski definition) is 0.